The van der Waals surface area contributed by atoms with E-state index in [1.165, 1.54) is 18.6 Å². The summed E-state index contributed by atoms with van der Waals surface area (Å²) in [5.41, 5.74) is 0.881. The lowest BCUT2D eigenvalue weighted by Crippen LogP contribution is -2.16. The van der Waals surface area contributed by atoms with E-state index in [0.29, 0.717) is 10.5 Å². The van der Waals surface area contributed by atoms with Crippen molar-refractivity contribution in [2.45, 2.75) is 44.0 Å². The second-order valence-electron chi connectivity index (χ2n) is 4.37. The molecule has 0 saturated carbocycles. The van der Waals surface area contributed by atoms with Crippen molar-refractivity contribution >= 4 is 31.6 Å². The first-order chi connectivity index (χ1) is 8.34. The molecule has 1 aromatic rings. The molecule has 0 radical (unpaired) electrons. The van der Waals surface area contributed by atoms with Crippen molar-refractivity contribution in [3.8, 4) is 0 Å². The topological polar surface area (TPSA) is 72.2 Å². The van der Waals surface area contributed by atoms with E-state index < -0.39 is 10.0 Å². The summed E-state index contributed by atoms with van der Waals surface area (Å²) in [6.07, 6.45) is 3.42. The first kappa shape index (κ1) is 15.5. The van der Waals surface area contributed by atoms with Crippen molar-refractivity contribution in [2.75, 3.05) is 5.32 Å². The Balaban J connectivity index is 2.80. The first-order valence-electron chi connectivity index (χ1n) is 5.93. The van der Waals surface area contributed by atoms with E-state index in [4.69, 9.17) is 5.14 Å². The molecular weight excluding hydrogens is 316 g/mol. The summed E-state index contributed by atoms with van der Waals surface area (Å²) in [6, 6.07) is 5.10. The van der Waals surface area contributed by atoms with Gasteiger partial charge in [-0.15, -0.1) is 0 Å². The van der Waals surface area contributed by atoms with Gasteiger partial charge in [-0.05, 0) is 47.5 Å². The lowest BCUT2D eigenvalue weighted by Gasteiger charge is -2.16. The number of rotatable bonds is 6. The van der Waals surface area contributed by atoms with Crippen LogP contribution in [-0.4, -0.2) is 14.5 Å². The van der Waals surface area contributed by atoms with Gasteiger partial charge in [0, 0.05) is 16.2 Å². The van der Waals surface area contributed by atoms with Crippen LogP contribution in [0.1, 0.15) is 33.1 Å². The number of nitrogens with two attached hydrogens (primary N) is 1. The van der Waals surface area contributed by atoms with E-state index in [-0.39, 0.29) is 4.90 Å². The van der Waals surface area contributed by atoms with Gasteiger partial charge < -0.3 is 5.32 Å². The van der Waals surface area contributed by atoms with Crippen LogP contribution in [0.25, 0.3) is 0 Å². The number of hydrogen-bond donors (Lipinski definition) is 2. The van der Waals surface area contributed by atoms with Crippen LogP contribution in [0.2, 0.25) is 0 Å². The van der Waals surface area contributed by atoms with E-state index in [2.05, 4.69) is 35.1 Å². The molecule has 0 aliphatic carbocycles. The number of halogens is 1. The lowest BCUT2D eigenvalue weighted by atomic mass is 10.1. The van der Waals surface area contributed by atoms with E-state index in [1.54, 1.807) is 6.07 Å². The fourth-order valence-corrected chi connectivity index (χ4v) is 2.82. The molecule has 0 aliphatic rings. The van der Waals surface area contributed by atoms with Crippen molar-refractivity contribution in [1.82, 2.24) is 0 Å². The van der Waals surface area contributed by atoms with Gasteiger partial charge in [0.15, 0.2) is 0 Å². The molecule has 4 nitrogen and oxygen atoms in total. The first-order valence-corrected chi connectivity index (χ1v) is 8.27. The number of sulfonamides is 1. The van der Waals surface area contributed by atoms with E-state index in [9.17, 15) is 8.42 Å². The predicted molar refractivity (Wildman–Crippen MR) is 78.1 cm³/mol. The van der Waals surface area contributed by atoms with Crippen LogP contribution in [0.15, 0.2) is 27.6 Å². The number of anilines is 1. The molecule has 0 aromatic heterocycles. The van der Waals surface area contributed by atoms with Gasteiger partial charge in [-0.1, -0.05) is 19.8 Å². The Labute approximate surface area is 117 Å². The lowest BCUT2D eigenvalue weighted by molar-refractivity contribution is 0.597. The van der Waals surface area contributed by atoms with Crippen molar-refractivity contribution in [1.29, 1.82) is 0 Å². The zero-order valence-corrected chi connectivity index (χ0v) is 13.0. The Kier molecular flexibility index (Phi) is 5.62. The van der Waals surface area contributed by atoms with Crippen molar-refractivity contribution in [2.24, 2.45) is 5.14 Å². The molecule has 0 spiro atoms. The van der Waals surface area contributed by atoms with Gasteiger partial charge in [-0.2, -0.15) is 0 Å². The number of primary sulfonamides is 1. The standard InChI is InChI=1S/C12H19BrN2O2S/c1-3-4-5-9(2)15-12-7-6-10(8-11(12)13)18(14,16)17/h6-9,15H,3-5H2,1-2H3,(H2,14,16,17). The second kappa shape index (κ2) is 6.54. The SMILES string of the molecule is CCCCC(C)Nc1ccc(S(N)(=O)=O)cc1Br. The highest BCUT2D eigenvalue weighted by molar-refractivity contribution is 9.10. The third-order valence-electron chi connectivity index (χ3n) is 2.66. The minimum absolute atomic E-state index is 0.112. The fourth-order valence-electron chi connectivity index (χ4n) is 1.64. The Bertz CT molecular complexity index is 503. The van der Waals surface area contributed by atoms with Crippen LogP contribution in [0.3, 0.4) is 0 Å². The summed E-state index contributed by atoms with van der Waals surface area (Å²) in [7, 11) is -3.64. The Morgan fingerprint density at radius 1 is 1.44 bits per heavy atom. The van der Waals surface area contributed by atoms with Crippen LogP contribution >= 0.6 is 15.9 Å². The maximum Gasteiger partial charge on any atom is 0.238 e. The van der Waals surface area contributed by atoms with E-state index in [1.807, 2.05) is 0 Å². The maximum atomic E-state index is 11.2. The normalized spacial score (nSPS) is 13.3. The number of unbranched alkanes of at least 4 members (excludes halogenated alkanes) is 1. The highest BCUT2D eigenvalue weighted by Gasteiger charge is 2.11. The summed E-state index contributed by atoms with van der Waals surface area (Å²) >= 11 is 3.35. The van der Waals surface area contributed by atoms with Gasteiger partial charge in [0.1, 0.15) is 0 Å². The smallest absolute Gasteiger partial charge is 0.238 e. The highest BCUT2D eigenvalue weighted by Crippen LogP contribution is 2.26. The summed E-state index contributed by atoms with van der Waals surface area (Å²) in [5.74, 6) is 0. The summed E-state index contributed by atoms with van der Waals surface area (Å²) in [6.45, 7) is 4.26. The molecule has 6 heteroatoms. The molecule has 18 heavy (non-hydrogen) atoms. The van der Waals surface area contributed by atoms with Crippen LogP contribution in [0.5, 0.6) is 0 Å². The van der Waals surface area contributed by atoms with Crippen molar-refractivity contribution < 1.29 is 8.42 Å². The van der Waals surface area contributed by atoms with E-state index >= 15 is 0 Å². The number of nitrogens with one attached hydrogen (secondary N) is 1. The van der Waals surface area contributed by atoms with Crippen molar-refractivity contribution in [3.63, 3.8) is 0 Å². The molecular formula is C12H19BrN2O2S. The minimum Gasteiger partial charge on any atom is -0.382 e. The molecule has 0 heterocycles. The monoisotopic (exact) mass is 334 g/mol. The molecule has 0 saturated heterocycles. The van der Waals surface area contributed by atoms with Crippen LogP contribution in [0, 0.1) is 0 Å². The zero-order chi connectivity index (χ0) is 13.8. The van der Waals surface area contributed by atoms with Crippen LogP contribution in [0.4, 0.5) is 5.69 Å². The molecule has 0 amide bonds. The highest BCUT2D eigenvalue weighted by atomic mass is 79.9. The van der Waals surface area contributed by atoms with Gasteiger partial charge in [-0.25, -0.2) is 13.6 Å². The number of benzene rings is 1. The van der Waals surface area contributed by atoms with Gasteiger partial charge >= 0.3 is 0 Å². The maximum absolute atomic E-state index is 11.2. The molecule has 3 N–H and O–H groups in total. The summed E-state index contributed by atoms with van der Waals surface area (Å²) < 4.78 is 23.1. The molecule has 0 fully saturated rings. The second-order valence-corrected chi connectivity index (χ2v) is 6.79. The predicted octanol–water partition coefficient (Wildman–Crippen LogP) is 3.09. The molecule has 1 atom stereocenters. The average molecular weight is 335 g/mol. The third kappa shape index (κ3) is 4.59. The van der Waals surface area contributed by atoms with Gasteiger partial charge in [0.2, 0.25) is 10.0 Å². The van der Waals surface area contributed by atoms with Gasteiger partial charge in [0.05, 0.1) is 4.90 Å². The Morgan fingerprint density at radius 3 is 2.61 bits per heavy atom. The largest absolute Gasteiger partial charge is 0.382 e. The zero-order valence-electron chi connectivity index (χ0n) is 10.6. The quantitative estimate of drug-likeness (QED) is 0.839. The Hall–Kier alpha value is -0.590. The average Bonchev–Trinajstić information content (AvgIpc) is 2.27. The molecule has 1 unspecified atom stereocenters. The molecule has 0 aliphatic heterocycles. The Morgan fingerprint density at radius 2 is 2.11 bits per heavy atom. The van der Waals surface area contributed by atoms with E-state index in [0.717, 1.165) is 18.5 Å². The summed E-state index contributed by atoms with van der Waals surface area (Å²) in [5, 5.41) is 8.41. The summed E-state index contributed by atoms with van der Waals surface area (Å²) in [4.78, 5) is 0.112. The molecule has 1 aromatic carbocycles. The minimum atomic E-state index is -3.64. The molecule has 102 valence electrons. The van der Waals surface area contributed by atoms with Gasteiger partial charge in [0.25, 0.3) is 0 Å². The van der Waals surface area contributed by atoms with Crippen LogP contribution < -0.4 is 10.5 Å². The van der Waals surface area contributed by atoms with Crippen LogP contribution in [-0.2, 0) is 10.0 Å². The van der Waals surface area contributed by atoms with Crippen molar-refractivity contribution in [3.05, 3.63) is 22.7 Å². The fraction of sp³-hybridized carbons (Fsp3) is 0.500. The molecule has 0 bridgehead atoms. The van der Waals surface area contributed by atoms with Gasteiger partial charge in [-0.3, -0.25) is 0 Å². The number of hydrogen-bond acceptors (Lipinski definition) is 3. The third-order valence-corrected chi connectivity index (χ3v) is 4.23. The molecule has 1 rings (SSSR count).